The molecule has 1 saturated heterocycles. The first-order chi connectivity index (χ1) is 9.43. The normalized spacial score (nSPS) is 26.6. The fourth-order valence-electron chi connectivity index (χ4n) is 3.49. The van der Waals surface area contributed by atoms with E-state index < -0.39 is 0 Å². The summed E-state index contributed by atoms with van der Waals surface area (Å²) in [5.41, 5.74) is 0. The van der Waals surface area contributed by atoms with E-state index in [1.807, 2.05) is 11.3 Å². The van der Waals surface area contributed by atoms with E-state index in [9.17, 15) is 0 Å². The third-order valence-corrected chi connectivity index (χ3v) is 5.52. The first-order valence-electron chi connectivity index (χ1n) is 7.82. The summed E-state index contributed by atoms with van der Waals surface area (Å²) in [5, 5.41) is 6.02. The van der Waals surface area contributed by atoms with Gasteiger partial charge in [-0.25, -0.2) is 0 Å². The minimum absolute atomic E-state index is 0.442. The molecule has 106 valence electrons. The van der Waals surface area contributed by atoms with E-state index in [1.54, 1.807) is 0 Å². The zero-order valence-corrected chi connectivity index (χ0v) is 12.5. The summed E-state index contributed by atoms with van der Waals surface area (Å²) in [7, 11) is 0. The van der Waals surface area contributed by atoms with Crippen LogP contribution < -0.4 is 5.32 Å². The fourth-order valence-corrected chi connectivity index (χ4v) is 4.38. The van der Waals surface area contributed by atoms with Crippen molar-refractivity contribution >= 4 is 11.3 Å². The predicted molar refractivity (Wildman–Crippen MR) is 80.6 cm³/mol. The molecule has 2 heterocycles. The van der Waals surface area contributed by atoms with Gasteiger partial charge in [-0.2, -0.15) is 0 Å². The summed E-state index contributed by atoms with van der Waals surface area (Å²) < 4.78 is 5.85. The molecule has 3 heteroatoms. The summed E-state index contributed by atoms with van der Waals surface area (Å²) >= 11 is 1.90. The maximum atomic E-state index is 5.85. The highest BCUT2D eigenvalue weighted by atomic mass is 32.1. The molecule has 0 spiro atoms. The van der Waals surface area contributed by atoms with E-state index in [0.29, 0.717) is 12.1 Å². The van der Waals surface area contributed by atoms with Crippen LogP contribution in [0.2, 0.25) is 0 Å². The zero-order valence-electron chi connectivity index (χ0n) is 11.6. The van der Waals surface area contributed by atoms with Crippen molar-refractivity contribution in [1.82, 2.24) is 5.32 Å². The standard InChI is InChI=1S/C16H25NOS/c1-2-7-13(6-1)16(15-9-5-11-19-15)17-12-14-8-3-4-10-18-14/h5,9,11,13-14,16-17H,1-4,6-8,10,12H2. The molecule has 1 aromatic rings. The van der Waals surface area contributed by atoms with E-state index >= 15 is 0 Å². The largest absolute Gasteiger partial charge is 0.377 e. The van der Waals surface area contributed by atoms with Gasteiger partial charge in [-0.3, -0.25) is 0 Å². The molecule has 0 radical (unpaired) electrons. The van der Waals surface area contributed by atoms with E-state index in [-0.39, 0.29) is 0 Å². The van der Waals surface area contributed by atoms with Crippen molar-refractivity contribution in [2.24, 2.45) is 5.92 Å². The smallest absolute Gasteiger partial charge is 0.0699 e. The predicted octanol–water partition coefficient (Wildman–Crippen LogP) is 4.14. The van der Waals surface area contributed by atoms with Gasteiger partial charge < -0.3 is 10.1 Å². The topological polar surface area (TPSA) is 21.3 Å². The molecular weight excluding hydrogens is 254 g/mol. The van der Waals surface area contributed by atoms with Crippen molar-refractivity contribution in [2.45, 2.75) is 57.1 Å². The van der Waals surface area contributed by atoms with Gasteiger partial charge in [0.1, 0.15) is 0 Å². The minimum Gasteiger partial charge on any atom is -0.377 e. The summed E-state index contributed by atoms with van der Waals surface area (Å²) in [4.78, 5) is 1.52. The van der Waals surface area contributed by atoms with Crippen molar-refractivity contribution in [3.8, 4) is 0 Å². The Labute approximate surface area is 120 Å². The second kappa shape index (κ2) is 6.87. The molecule has 1 N–H and O–H groups in total. The van der Waals surface area contributed by atoms with Crippen LogP contribution in [0.3, 0.4) is 0 Å². The second-order valence-electron chi connectivity index (χ2n) is 5.93. The van der Waals surface area contributed by atoms with Crippen LogP contribution in [-0.2, 0) is 4.74 Å². The van der Waals surface area contributed by atoms with Gasteiger partial charge in [-0.05, 0) is 49.5 Å². The first kappa shape index (κ1) is 13.6. The molecule has 2 aliphatic rings. The van der Waals surface area contributed by atoms with Gasteiger partial charge in [0.05, 0.1) is 6.10 Å². The van der Waals surface area contributed by atoms with Crippen LogP contribution in [0.25, 0.3) is 0 Å². The van der Waals surface area contributed by atoms with Gasteiger partial charge in [0, 0.05) is 24.1 Å². The van der Waals surface area contributed by atoms with E-state index in [2.05, 4.69) is 22.8 Å². The third kappa shape index (κ3) is 3.59. The highest BCUT2D eigenvalue weighted by molar-refractivity contribution is 7.10. The van der Waals surface area contributed by atoms with Crippen molar-refractivity contribution in [3.63, 3.8) is 0 Å². The lowest BCUT2D eigenvalue weighted by Crippen LogP contribution is -2.36. The number of nitrogens with one attached hydrogen (secondary N) is 1. The van der Waals surface area contributed by atoms with Crippen molar-refractivity contribution in [3.05, 3.63) is 22.4 Å². The Bertz CT molecular complexity index is 353. The monoisotopic (exact) mass is 279 g/mol. The highest BCUT2D eigenvalue weighted by Crippen LogP contribution is 2.37. The summed E-state index contributed by atoms with van der Waals surface area (Å²) in [5.74, 6) is 0.835. The number of hydrogen-bond donors (Lipinski definition) is 1. The fraction of sp³-hybridized carbons (Fsp3) is 0.750. The number of hydrogen-bond acceptors (Lipinski definition) is 3. The molecule has 1 aliphatic heterocycles. The summed E-state index contributed by atoms with van der Waals surface area (Å²) in [6.45, 7) is 1.98. The van der Waals surface area contributed by atoms with Crippen molar-refractivity contribution < 1.29 is 4.74 Å². The van der Waals surface area contributed by atoms with E-state index in [0.717, 1.165) is 19.1 Å². The van der Waals surface area contributed by atoms with Gasteiger partial charge in [0.2, 0.25) is 0 Å². The van der Waals surface area contributed by atoms with E-state index in [4.69, 9.17) is 4.74 Å². The summed E-state index contributed by atoms with van der Waals surface area (Å²) in [6, 6.07) is 5.04. The van der Waals surface area contributed by atoms with Crippen LogP contribution >= 0.6 is 11.3 Å². The van der Waals surface area contributed by atoms with Gasteiger partial charge in [0.25, 0.3) is 0 Å². The van der Waals surface area contributed by atoms with Gasteiger partial charge in [-0.1, -0.05) is 18.9 Å². The van der Waals surface area contributed by atoms with Crippen LogP contribution in [0.1, 0.15) is 55.9 Å². The zero-order chi connectivity index (χ0) is 12.9. The first-order valence-corrected chi connectivity index (χ1v) is 8.70. The van der Waals surface area contributed by atoms with Gasteiger partial charge >= 0.3 is 0 Å². The maximum absolute atomic E-state index is 5.85. The molecule has 0 amide bonds. The molecule has 2 unspecified atom stereocenters. The molecule has 3 rings (SSSR count). The molecule has 2 atom stereocenters. The Morgan fingerprint density at radius 2 is 2.05 bits per heavy atom. The van der Waals surface area contributed by atoms with Crippen LogP contribution in [0.4, 0.5) is 0 Å². The molecular formula is C16H25NOS. The Balaban J connectivity index is 1.58. The quantitative estimate of drug-likeness (QED) is 0.874. The number of ether oxygens (including phenoxy) is 1. The lowest BCUT2D eigenvalue weighted by atomic mass is 9.96. The third-order valence-electron chi connectivity index (χ3n) is 4.56. The molecule has 1 aromatic heterocycles. The molecule has 1 saturated carbocycles. The SMILES string of the molecule is c1csc(C(NCC2CCCCO2)C2CCCC2)c1. The molecule has 0 aromatic carbocycles. The lowest BCUT2D eigenvalue weighted by Gasteiger charge is -2.28. The van der Waals surface area contributed by atoms with Crippen LogP contribution in [-0.4, -0.2) is 19.3 Å². The number of rotatable bonds is 5. The average Bonchev–Trinajstić information content (AvgIpc) is 3.13. The summed E-state index contributed by atoms with van der Waals surface area (Å²) in [6.07, 6.45) is 9.85. The lowest BCUT2D eigenvalue weighted by molar-refractivity contribution is 0.0142. The van der Waals surface area contributed by atoms with Gasteiger partial charge in [0.15, 0.2) is 0 Å². The van der Waals surface area contributed by atoms with Crippen LogP contribution in [0, 0.1) is 5.92 Å². The Morgan fingerprint density at radius 1 is 1.21 bits per heavy atom. The van der Waals surface area contributed by atoms with E-state index in [1.165, 1.54) is 49.8 Å². The van der Waals surface area contributed by atoms with Crippen LogP contribution in [0.5, 0.6) is 0 Å². The van der Waals surface area contributed by atoms with Crippen LogP contribution in [0.15, 0.2) is 17.5 Å². The number of thiophene rings is 1. The van der Waals surface area contributed by atoms with Crippen molar-refractivity contribution in [2.75, 3.05) is 13.2 Å². The molecule has 19 heavy (non-hydrogen) atoms. The Hall–Kier alpha value is -0.380. The molecule has 0 bridgehead atoms. The minimum atomic E-state index is 0.442. The molecule has 2 nitrogen and oxygen atoms in total. The van der Waals surface area contributed by atoms with Crippen molar-refractivity contribution in [1.29, 1.82) is 0 Å². The molecule has 1 aliphatic carbocycles. The average molecular weight is 279 g/mol. The Morgan fingerprint density at radius 3 is 2.74 bits per heavy atom. The molecule has 2 fully saturated rings. The maximum Gasteiger partial charge on any atom is 0.0699 e. The highest BCUT2D eigenvalue weighted by Gasteiger charge is 2.27. The Kier molecular flexibility index (Phi) is 4.91. The second-order valence-corrected chi connectivity index (χ2v) is 6.91. The van der Waals surface area contributed by atoms with Gasteiger partial charge in [-0.15, -0.1) is 11.3 Å².